The number of hydrogen-bond donors (Lipinski definition) is 3. The molecule has 1 aromatic heterocycles. The number of carbonyl (C=O) groups excluding carboxylic acids is 1. The van der Waals surface area contributed by atoms with Crippen LogP contribution in [-0.2, 0) is 6.18 Å². The van der Waals surface area contributed by atoms with E-state index in [1.165, 1.54) is 18.2 Å². The fraction of sp³-hybridized carbons (Fsp3) is 0.261. The molecule has 3 rings (SSSR count). The number of halogens is 3. The fourth-order valence-corrected chi connectivity index (χ4v) is 3.23. The molecule has 33 heavy (non-hydrogen) atoms. The predicted octanol–water partition coefficient (Wildman–Crippen LogP) is 6.04. The molecular formula is C23H25F3N6O. The molecular weight excluding hydrogens is 433 g/mol. The number of nitrogens with zero attached hydrogens (tertiary/aromatic N) is 3. The Bertz CT molecular complexity index is 1100. The molecule has 10 heteroatoms. The number of urea groups is 1. The lowest BCUT2D eigenvalue weighted by atomic mass is 10.1. The third-order valence-corrected chi connectivity index (χ3v) is 4.81. The van der Waals surface area contributed by atoms with Crippen LogP contribution in [-0.4, -0.2) is 29.1 Å². The van der Waals surface area contributed by atoms with Gasteiger partial charge in [-0.3, -0.25) is 0 Å². The van der Waals surface area contributed by atoms with E-state index in [-0.39, 0.29) is 5.69 Å². The Kier molecular flexibility index (Phi) is 7.37. The highest BCUT2D eigenvalue weighted by Crippen LogP contribution is 2.34. The van der Waals surface area contributed by atoms with Crippen LogP contribution in [0.1, 0.15) is 25.2 Å². The van der Waals surface area contributed by atoms with E-state index in [0.29, 0.717) is 17.3 Å². The summed E-state index contributed by atoms with van der Waals surface area (Å²) in [5.41, 5.74) is -0.0786. The molecule has 0 aliphatic rings. The third-order valence-electron chi connectivity index (χ3n) is 4.81. The van der Waals surface area contributed by atoms with Crippen LogP contribution in [0.4, 0.5) is 46.7 Å². The third kappa shape index (κ3) is 6.34. The van der Waals surface area contributed by atoms with Gasteiger partial charge in [0.15, 0.2) is 0 Å². The molecule has 0 saturated carbocycles. The van der Waals surface area contributed by atoms with Crippen molar-refractivity contribution in [3.8, 4) is 0 Å². The van der Waals surface area contributed by atoms with Crippen molar-refractivity contribution in [2.24, 2.45) is 0 Å². The van der Waals surface area contributed by atoms with Crippen molar-refractivity contribution in [2.75, 3.05) is 33.9 Å². The Hall–Kier alpha value is -3.82. The molecule has 3 N–H and O–H groups in total. The molecule has 0 unspecified atom stereocenters. The molecule has 174 valence electrons. The van der Waals surface area contributed by atoms with Crippen molar-refractivity contribution < 1.29 is 18.0 Å². The van der Waals surface area contributed by atoms with E-state index in [1.807, 2.05) is 13.0 Å². The number of benzene rings is 2. The topological polar surface area (TPSA) is 82.2 Å². The molecule has 7 nitrogen and oxygen atoms in total. The average molecular weight is 458 g/mol. The molecule has 2 aromatic carbocycles. The van der Waals surface area contributed by atoms with E-state index in [0.717, 1.165) is 30.7 Å². The van der Waals surface area contributed by atoms with Gasteiger partial charge in [0.1, 0.15) is 17.5 Å². The Morgan fingerprint density at radius 2 is 1.58 bits per heavy atom. The molecule has 0 saturated heterocycles. The Labute approximate surface area is 190 Å². The number of rotatable bonds is 7. The number of nitrogens with one attached hydrogen (secondary N) is 3. The van der Waals surface area contributed by atoms with Gasteiger partial charge in [-0.25, -0.2) is 14.8 Å². The van der Waals surface area contributed by atoms with Gasteiger partial charge < -0.3 is 20.9 Å². The SMILES string of the molecule is CCN(CC)c1cc(Nc2ccc(NC(=O)Nc3ccccc3C(F)(F)F)cc2)nc(C)n1. The molecule has 0 aliphatic carbocycles. The second-order valence-electron chi connectivity index (χ2n) is 7.16. The quantitative estimate of drug-likeness (QED) is 0.402. The van der Waals surface area contributed by atoms with Crippen LogP contribution in [0.5, 0.6) is 0 Å². The smallest absolute Gasteiger partial charge is 0.357 e. The summed E-state index contributed by atoms with van der Waals surface area (Å²) in [4.78, 5) is 23.2. The maximum Gasteiger partial charge on any atom is 0.418 e. The molecule has 0 radical (unpaired) electrons. The summed E-state index contributed by atoms with van der Waals surface area (Å²) >= 11 is 0. The zero-order valence-electron chi connectivity index (χ0n) is 18.5. The maximum absolute atomic E-state index is 13.1. The normalized spacial score (nSPS) is 11.1. The molecule has 0 atom stereocenters. The van der Waals surface area contributed by atoms with E-state index in [2.05, 4.69) is 44.7 Å². The minimum atomic E-state index is -4.57. The number of para-hydroxylation sites is 1. The van der Waals surface area contributed by atoms with E-state index < -0.39 is 17.8 Å². The monoisotopic (exact) mass is 458 g/mol. The van der Waals surface area contributed by atoms with Gasteiger partial charge in [0, 0.05) is 30.5 Å². The van der Waals surface area contributed by atoms with Crippen LogP contribution in [0.2, 0.25) is 0 Å². The number of aryl methyl sites for hydroxylation is 1. The standard InChI is InChI=1S/C23H25F3N6O/c1-4-32(5-2)21-14-20(27-15(3)28-21)29-16-10-12-17(13-11-16)30-22(33)31-19-9-7-6-8-18(19)23(24,25)26/h6-14H,4-5H2,1-3H3,(H,27,28,29)(H2,30,31,33). The van der Waals surface area contributed by atoms with Gasteiger partial charge in [-0.1, -0.05) is 12.1 Å². The van der Waals surface area contributed by atoms with Crippen molar-refractivity contribution in [3.63, 3.8) is 0 Å². The fourth-order valence-electron chi connectivity index (χ4n) is 3.23. The van der Waals surface area contributed by atoms with Crippen molar-refractivity contribution in [2.45, 2.75) is 26.9 Å². The largest absolute Gasteiger partial charge is 0.418 e. The van der Waals surface area contributed by atoms with Crippen LogP contribution in [0.15, 0.2) is 54.6 Å². The first-order chi connectivity index (χ1) is 15.7. The molecule has 1 heterocycles. The molecule has 0 spiro atoms. The van der Waals surface area contributed by atoms with E-state index in [4.69, 9.17) is 0 Å². The van der Waals surface area contributed by atoms with E-state index in [9.17, 15) is 18.0 Å². The Morgan fingerprint density at radius 3 is 2.21 bits per heavy atom. The number of aromatic nitrogens is 2. The zero-order valence-corrected chi connectivity index (χ0v) is 18.5. The lowest BCUT2D eigenvalue weighted by Gasteiger charge is -2.20. The van der Waals surface area contributed by atoms with Crippen LogP contribution in [0.3, 0.4) is 0 Å². The van der Waals surface area contributed by atoms with Gasteiger partial charge in [0.05, 0.1) is 11.3 Å². The van der Waals surface area contributed by atoms with Gasteiger partial charge >= 0.3 is 12.2 Å². The van der Waals surface area contributed by atoms with Crippen molar-refractivity contribution in [3.05, 3.63) is 66.0 Å². The first kappa shape index (κ1) is 23.8. The van der Waals surface area contributed by atoms with Gasteiger partial charge in [-0.2, -0.15) is 13.2 Å². The highest BCUT2D eigenvalue weighted by atomic mass is 19.4. The summed E-state index contributed by atoms with van der Waals surface area (Å²) in [5.74, 6) is 2.09. The van der Waals surface area contributed by atoms with Crippen LogP contribution in [0.25, 0.3) is 0 Å². The van der Waals surface area contributed by atoms with Gasteiger partial charge in [-0.05, 0) is 57.2 Å². The summed E-state index contributed by atoms with van der Waals surface area (Å²) in [6, 6.07) is 12.6. The molecule has 3 aromatic rings. The van der Waals surface area contributed by atoms with Gasteiger partial charge in [-0.15, -0.1) is 0 Å². The Balaban J connectivity index is 1.66. The maximum atomic E-state index is 13.1. The highest BCUT2D eigenvalue weighted by Gasteiger charge is 2.33. The average Bonchev–Trinajstić information content (AvgIpc) is 2.75. The van der Waals surface area contributed by atoms with Crippen LogP contribution in [0, 0.1) is 6.92 Å². The lowest BCUT2D eigenvalue weighted by molar-refractivity contribution is -0.136. The van der Waals surface area contributed by atoms with E-state index in [1.54, 1.807) is 24.3 Å². The first-order valence-electron chi connectivity index (χ1n) is 10.4. The molecule has 0 aliphatic heterocycles. The number of alkyl halides is 3. The summed E-state index contributed by atoms with van der Waals surface area (Å²) in [7, 11) is 0. The summed E-state index contributed by atoms with van der Waals surface area (Å²) in [5, 5.41) is 7.98. The Morgan fingerprint density at radius 1 is 0.939 bits per heavy atom. The molecule has 2 amide bonds. The second kappa shape index (κ2) is 10.2. The summed E-state index contributed by atoms with van der Waals surface area (Å²) in [6.45, 7) is 7.57. The van der Waals surface area contributed by atoms with E-state index >= 15 is 0 Å². The summed E-state index contributed by atoms with van der Waals surface area (Å²) in [6.07, 6.45) is -4.57. The second-order valence-corrected chi connectivity index (χ2v) is 7.16. The number of hydrogen-bond acceptors (Lipinski definition) is 5. The number of anilines is 5. The predicted molar refractivity (Wildman–Crippen MR) is 124 cm³/mol. The highest BCUT2D eigenvalue weighted by molar-refractivity contribution is 6.00. The first-order valence-corrected chi connectivity index (χ1v) is 10.4. The lowest BCUT2D eigenvalue weighted by Crippen LogP contribution is -2.23. The number of amides is 2. The number of carbonyl (C=O) groups is 1. The minimum Gasteiger partial charge on any atom is -0.357 e. The van der Waals surface area contributed by atoms with Gasteiger partial charge in [0.25, 0.3) is 0 Å². The van der Waals surface area contributed by atoms with Crippen molar-refractivity contribution >= 4 is 34.7 Å². The minimum absolute atomic E-state index is 0.316. The molecule has 0 bridgehead atoms. The van der Waals surface area contributed by atoms with Crippen molar-refractivity contribution in [1.29, 1.82) is 0 Å². The zero-order chi connectivity index (χ0) is 24.0. The van der Waals surface area contributed by atoms with Crippen LogP contribution >= 0.6 is 0 Å². The summed E-state index contributed by atoms with van der Waals surface area (Å²) < 4.78 is 39.3. The van der Waals surface area contributed by atoms with Crippen molar-refractivity contribution in [1.82, 2.24) is 9.97 Å². The van der Waals surface area contributed by atoms with Gasteiger partial charge in [0.2, 0.25) is 0 Å². The van der Waals surface area contributed by atoms with Crippen LogP contribution < -0.4 is 20.9 Å². The molecule has 0 fully saturated rings.